The number of nitrogens with one attached hydrogen (secondary N) is 1. The molecule has 3 rings (SSSR count). The van der Waals surface area contributed by atoms with Gasteiger partial charge in [-0.1, -0.05) is 6.07 Å². The molecule has 0 aliphatic carbocycles. The molecule has 11 heteroatoms. The number of carbonyl (C=O) groups is 2. The van der Waals surface area contributed by atoms with Gasteiger partial charge in [-0.15, -0.1) is 22.7 Å². The van der Waals surface area contributed by atoms with E-state index in [0.717, 1.165) is 34.8 Å². The van der Waals surface area contributed by atoms with Crippen LogP contribution in [0.4, 0.5) is 13.9 Å². The Kier molecular flexibility index (Phi) is 6.30. The van der Waals surface area contributed by atoms with E-state index in [1.807, 2.05) is 0 Å². The average Bonchev–Trinajstić information content (AvgIpc) is 3.24. The molecule has 0 saturated heterocycles. The number of carbonyl (C=O) groups excluding carboxylic acids is 1. The minimum Gasteiger partial charge on any atom is -0.481 e. The summed E-state index contributed by atoms with van der Waals surface area (Å²) < 4.78 is 27.3. The third-order valence-corrected chi connectivity index (χ3v) is 5.89. The van der Waals surface area contributed by atoms with Gasteiger partial charge in [-0.25, -0.2) is 18.7 Å². The minimum absolute atomic E-state index is 0.238. The highest BCUT2D eigenvalue weighted by Crippen LogP contribution is 2.35. The molecule has 1 unspecified atom stereocenters. The molecule has 2 aromatic heterocycles. The van der Waals surface area contributed by atoms with E-state index < -0.39 is 42.5 Å². The van der Waals surface area contributed by atoms with Crippen molar-refractivity contribution in [1.29, 1.82) is 0 Å². The number of aliphatic hydroxyl groups excluding tert-OH is 1. The first-order chi connectivity index (χ1) is 13.7. The lowest BCUT2D eigenvalue weighted by atomic mass is 10.1. The Bertz CT molecular complexity index is 1050. The fraction of sp³-hybridized carbons (Fsp3) is 0.222. The Morgan fingerprint density at radius 3 is 2.59 bits per heavy atom. The maximum atomic E-state index is 13.7. The Morgan fingerprint density at radius 2 is 1.93 bits per heavy atom. The zero-order valence-electron chi connectivity index (χ0n) is 15.0. The van der Waals surface area contributed by atoms with E-state index in [1.165, 1.54) is 6.07 Å². The molecule has 7 nitrogen and oxygen atoms in total. The number of aromatic nitrogens is 2. The summed E-state index contributed by atoms with van der Waals surface area (Å²) in [5.74, 6) is -3.36. The van der Waals surface area contributed by atoms with Gasteiger partial charge in [-0.2, -0.15) is 0 Å². The summed E-state index contributed by atoms with van der Waals surface area (Å²) in [6.07, 6.45) is -2.16. The lowest BCUT2D eigenvalue weighted by molar-refractivity contribution is -0.139. The van der Waals surface area contributed by atoms with Crippen LogP contribution in [0.25, 0.3) is 10.6 Å². The van der Waals surface area contributed by atoms with Crippen LogP contribution in [0.5, 0.6) is 0 Å². The standard InChI is InChI=1S/C18H15F2N3O4S2/c1-8-16(29-17(21-8)13(24)6-15(26)27)12-7-28-18(22-12)23-14(25)5-9-10(19)3-2-4-11(9)20/h2-4,7,13,24H,5-6H2,1H3,(H,26,27)(H,22,23,25). The van der Waals surface area contributed by atoms with E-state index in [-0.39, 0.29) is 15.7 Å². The number of amides is 1. The highest BCUT2D eigenvalue weighted by atomic mass is 32.1. The predicted octanol–water partition coefficient (Wildman–Crippen LogP) is 3.54. The van der Waals surface area contributed by atoms with Crippen LogP contribution in [0.2, 0.25) is 0 Å². The normalized spacial score (nSPS) is 12.0. The first kappa shape index (κ1) is 21.0. The lowest BCUT2D eigenvalue weighted by Gasteiger charge is -2.04. The molecule has 3 aromatic rings. The average molecular weight is 439 g/mol. The maximum Gasteiger partial charge on any atom is 0.306 e. The van der Waals surface area contributed by atoms with E-state index >= 15 is 0 Å². The van der Waals surface area contributed by atoms with Crippen LogP contribution in [0.3, 0.4) is 0 Å². The number of carboxylic acids is 1. The lowest BCUT2D eigenvalue weighted by Crippen LogP contribution is -2.16. The maximum absolute atomic E-state index is 13.7. The topological polar surface area (TPSA) is 112 Å². The summed E-state index contributed by atoms with van der Waals surface area (Å²) in [4.78, 5) is 31.9. The number of aliphatic carboxylic acids is 1. The third-order valence-electron chi connectivity index (χ3n) is 3.85. The quantitative estimate of drug-likeness (QED) is 0.519. The summed E-state index contributed by atoms with van der Waals surface area (Å²) in [6, 6.07) is 3.38. The molecular weight excluding hydrogens is 424 g/mol. The van der Waals surface area contributed by atoms with E-state index in [9.17, 15) is 23.5 Å². The second-order valence-electron chi connectivity index (χ2n) is 6.04. The fourth-order valence-electron chi connectivity index (χ4n) is 2.51. The zero-order chi connectivity index (χ0) is 21.1. The number of carboxylic acid groups (broad SMARTS) is 1. The molecule has 0 aliphatic heterocycles. The molecule has 152 valence electrons. The van der Waals surface area contributed by atoms with Gasteiger partial charge in [-0.3, -0.25) is 9.59 Å². The number of nitrogens with zero attached hydrogens (tertiary/aromatic N) is 2. The molecule has 0 spiro atoms. The Hall–Kier alpha value is -2.76. The van der Waals surface area contributed by atoms with Crippen molar-refractivity contribution in [3.63, 3.8) is 0 Å². The van der Waals surface area contributed by atoms with Gasteiger partial charge in [0.2, 0.25) is 5.91 Å². The summed E-state index contributed by atoms with van der Waals surface area (Å²) in [7, 11) is 0. The SMILES string of the molecule is Cc1nc(C(O)CC(=O)O)sc1-c1csc(NC(=O)Cc2c(F)cccc2F)n1. The van der Waals surface area contributed by atoms with Gasteiger partial charge in [0.1, 0.15) is 22.7 Å². The fourth-order valence-corrected chi connectivity index (χ4v) is 4.32. The summed E-state index contributed by atoms with van der Waals surface area (Å²) >= 11 is 2.23. The van der Waals surface area contributed by atoms with Crippen LogP contribution >= 0.6 is 22.7 Å². The van der Waals surface area contributed by atoms with Gasteiger partial charge in [0, 0.05) is 10.9 Å². The smallest absolute Gasteiger partial charge is 0.306 e. The van der Waals surface area contributed by atoms with Crippen LogP contribution in [0.15, 0.2) is 23.6 Å². The Labute approximate surface area is 171 Å². The van der Waals surface area contributed by atoms with Crippen LogP contribution in [0, 0.1) is 18.6 Å². The monoisotopic (exact) mass is 439 g/mol. The second kappa shape index (κ2) is 8.72. The van der Waals surface area contributed by atoms with E-state index in [1.54, 1.807) is 12.3 Å². The molecular formula is C18H15F2N3O4S2. The van der Waals surface area contributed by atoms with Crippen molar-refractivity contribution in [1.82, 2.24) is 9.97 Å². The van der Waals surface area contributed by atoms with Crippen molar-refractivity contribution in [3.8, 4) is 10.6 Å². The number of benzene rings is 1. The first-order valence-electron chi connectivity index (χ1n) is 8.30. The number of hydrogen-bond donors (Lipinski definition) is 3. The van der Waals surface area contributed by atoms with Crippen molar-refractivity contribution in [2.75, 3.05) is 5.32 Å². The molecule has 2 heterocycles. The number of anilines is 1. The van der Waals surface area contributed by atoms with Crippen LogP contribution in [-0.2, 0) is 16.0 Å². The number of hydrogen-bond acceptors (Lipinski definition) is 7. The summed E-state index contributed by atoms with van der Waals surface area (Å²) in [5, 5.41) is 23.4. The third kappa shape index (κ3) is 5.00. The van der Waals surface area contributed by atoms with Gasteiger partial charge in [0.25, 0.3) is 0 Å². The molecule has 1 amide bonds. The Morgan fingerprint density at radius 1 is 1.24 bits per heavy atom. The van der Waals surface area contributed by atoms with Gasteiger partial charge in [0.05, 0.1) is 29.1 Å². The number of thiazole rings is 2. The van der Waals surface area contributed by atoms with Crippen LogP contribution in [0.1, 0.15) is 28.8 Å². The number of rotatable bonds is 7. The molecule has 3 N–H and O–H groups in total. The van der Waals surface area contributed by atoms with Crippen molar-refractivity contribution in [2.24, 2.45) is 0 Å². The van der Waals surface area contributed by atoms with E-state index in [4.69, 9.17) is 5.11 Å². The van der Waals surface area contributed by atoms with Crippen LogP contribution < -0.4 is 5.32 Å². The van der Waals surface area contributed by atoms with Crippen molar-refractivity contribution >= 4 is 39.7 Å². The van der Waals surface area contributed by atoms with E-state index in [2.05, 4.69) is 15.3 Å². The molecule has 0 radical (unpaired) electrons. The molecule has 1 atom stereocenters. The molecule has 1 aromatic carbocycles. The molecule has 29 heavy (non-hydrogen) atoms. The first-order valence-corrected chi connectivity index (χ1v) is 10.00. The molecule has 0 aliphatic rings. The second-order valence-corrected chi connectivity index (χ2v) is 7.93. The number of aliphatic hydroxyl groups is 1. The van der Waals surface area contributed by atoms with Crippen molar-refractivity contribution in [2.45, 2.75) is 25.9 Å². The number of aryl methyl sites for hydroxylation is 1. The molecule has 0 saturated carbocycles. The highest BCUT2D eigenvalue weighted by molar-refractivity contribution is 7.17. The highest BCUT2D eigenvalue weighted by Gasteiger charge is 2.21. The van der Waals surface area contributed by atoms with Gasteiger partial charge in [-0.05, 0) is 19.1 Å². The molecule has 0 bridgehead atoms. The molecule has 0 fully saturated rings. The summed E-state index contributed by atoms with van der Waals surface area (Å²) in [5.41, 5.74) is 0.731. The van der Waals surface area contributed by atoms with E-state index in [0.29, 0.717) is 16.3 Å². The number of halogens is 2. The van der Waals surface area contributed by atoms with Gasteiger partial charge in [0.15, 0.2) is 5.13 Å². The van der Waals surface area contributed by atoms with Crippen LogP contribution in [-0.4, -0.2) is 32.1 Å². The Balaban J connectivity index is 1.72. The minimum atomic E-state index is -1.22. The van der Waals surface area contributed by atoms with Crippen molar-refractivity contribution in [3.05, 3.63) is 51.5 Å². The van der Waals surface area contributed by atoms with Gasteiger partial charge < -0.3 is 15.5 Å². The predicted molar refractivity (Wildman–Crippen MR) is 104 cm³/mol. The van der Waals surface area contributed by atoms with Crippen molar-refractivity contribution < 1.29 is 28.6 Å². The van der Waals surface area contributed by atoms with Gasteiger partial charge >= 0.3 is 5.97 Å². The largest absolute Gasteiger partial charge is 0.481 e. The summed E-state index contributed by atoms with van der Waals surface area (Å²) in [6.45, 7) is 1.70. The zero-order valence-corrected chi connectivity index (χ0v) is 16.6.